The van der Waals surface area contributed by atoms with Gasteiger partial charge in [0.25, 0.3) is 0 Å². The Kier molecular flexibility index (Phi) is 4.29. The van der Waals surface area contributed by atoms with Crippen molar-refractivity contribution in [3.05, 3.63) is 11.4 Å². The number of nitrogens with one attached hydrogen (secondary N) is 2. The molecule has 0 atom stereocenters. The van der Waals surface area contributed by atoms with Gasteiger partial charge in [-0.2, -0.15) is 4.98 Å². The monoisotopic (exact) mass is 266 g/mol. The second-order valence-electron chi connectivity index (χ2n) is 4.00. The molecule has 0 spiro atoms. The van der Waals surface area contributed by atoms with Crippen molar-refractivity contribution >= 4 is 33.3 Å². The fraction of sp³-hybridized carbons (Fsp3) is 0.455. The fourth-order valence-corrected chi connectivity index (χ4v) is 2.34. The summed E-state index contributed by atoms with van der Waals surface area (Å²) < 4.78 is 0. The molecule has 2 rings (SSSR count). The summed E-state index contributed by atoms with van der Waals surface area (Å²) in [6.45, 7) is 4.99. The molecule has 0 unspecified atom stereocenters. The van der Waals surface area contributed by atoms with Gasteiger partial charge in [-0.15, -0.1) is 11.3 Å². The van der Waals surface area contributed by atoms with Crippen molar-refractivity contribution in [1.29, 1.82) is 0 Å². The predicted octanol–water partition coefficient (Wildman–Crippen LogP) is 1.34. The zero-order valence-corrected chi connectivity index (χ0v) is 11.4. The zero-order valence-electron chi connectivity index (χ0n) is 10.6. The summed E-state index contributed by atoms with van der Waals surface area (Å²) in [5.74, 6) is 6.64. The van der Waals surface area contributed by atoms with Crippen LogP contribution in [-0.4, -0.2) is 41.5 Å². The lowest BCUT2D eigenvalue weighted by atomic mass is 10.3. The van der Waals surface area contributed by atoms with Crippen molar-refractivity contribution in [2.75, 3.05) is 37.4 Å². The molecule has 0 saturated carbocycles. The summed E-state index contributed by atoms with van der Waals surface area (Å²) >= 11 is 1.58. The molecule has 0 amide bonds. The van der Waals surface area contributed by atoms with E-state index in [9.17, 15) is 0 Å². The second-order valence-corrected chi connectivity index (χ2v) is 4.90. The number of rotatable bonds is 6. The molecule has 98 valence electrons. The van der Waals surface area contributed by atoms with Gasteiger partial charge < -0.3 is 10.2 Å². The minimum absolute atomic E-state index is 0.441. The minimum Gasteiger partial charge on any atom is -0.368 e. The van der Waals surface area contributed by atoms with Gasteiger partial charge in [-0.3, -0.25) is 5.43 Å². The lowest BCUT2D eigenvalue weighted by molar-refractivity contribution is 0.367. The number of anilines is 2. The van der Waals surface area contributed by atoms with Gasteiger partial charge in [-0.25, -0.2) is 10.8 Å². The Morgan fingerprint density at radius 1 is 1.44 bits per heavy atom. The molecule has 6 nitrogen and oxygen atoms in total. The first-order chi connectivity index (χ1) is 8.74. The number of nitrogen functional groups attached to an aromatic ring is 1. The molecule has 2 aromatic heterocycles. The molecule has 0 saturated heterocycles. The quantitative estimate of drug-likeness (QED) is 0.541. The van der Waals surface area contributed by atoms with Crippen molar-refractivity contribution < 1.29 is 0 Å². The molecule has 2 heterocycles. The molecule has 0 aliphatic heterocycles. The summed E-state index contributed by atoms with van der Waals surface area (Å²) in [7, 11) is 2.09. The SMILES string of the molecule is CCN(C)CCNc1nc(NN)nc2sccc12. The first-order valence-electron chi connectivity index (χ1n) is 5.89. The third kappa shape index (κ3) is 2.87. The molecule has 0 aromatic carbocycles. The summed E-state index contributed by atoms with van der Waals surface area (Å²) in [5.41, 5.74) is 2.49. The van der Waals surface area contributed by atoms with Crippen LogP contribution in [0.1, 0.15) is 6.92 Å². The van der Waals surface area contributed by atoms with Gasteiger partial charge in [-0.05, 0) is 25.0 Å². The maximum atomic E-state index is 5.37. The molecular weight excluding hydrogens is 248 g/mol. The van der Waals surface area contributed by atoms with E-state index in [2.05, 4.69) is 39.6 Å². The Balaban J connectivity index is 2.13. The van der Waals surface area contributed by atoms with Crippen LogP contribution in [0.3, 0.4) is 0 Å². The van der Waals surface area contributed by atoms with Crippen LogP contribution in [0.25, 0.3) is 10.2 Å². The van der Waals surface area contributed by atoms with Crippen molar-refractivity contribution in [2.45, 2.75) is 6.92 Å². The number of nitrogens with zero attached hydrogens (tertiary/aromatic N) is 3. The van der Waals surface area contributed by atoms with Gasteiger partial charge >= 0.3 is 0 Å². The van der Waals surface area contributed by atoms with Gasteiger partial charge in [0.1, 0.15) is 10.6 Å². The number of hydrazine groups is 1. The molecule has 18 heavy (non-hydrogen) atoms. The normalized spacial score (nSPS) is 11.1. The molecular formula is C11H18N6S. The van der Waals surface area contributed by atoms with Gasteiger partial charge in [0.15, 0.2) is 0 Å². The Bertz CT molecular complexity index is 511. The summed E-state index contributed by atoms with van der Waals surface area (Å²) in [6, 6.07) is 2.02. The third-order valence-electron chi connectivity index (χ3n) is 2.78. The standard InChI is InChI=1S/C11H18N6S/c1-3-17(2)6-5-13-9-8-4-7-18-10(8)15-11(14-9)16-12/h4,7H,3,5-6,12H2,1-2H3,(H2,13,14,15,16). The Morgan fingerprint density at radius 2 is 2.28 bits per heavy atom. The lowest BCUT2D eigenvalue weighted by Gasteiger charge is -2.14. The van der Waals surface area contributed by atoms with E-state index in [4.69, 9.17) is 5.84 Å². The summed E-state index contributed by atoms with van der Waals surface area (Å²) in [6.07, 6.45) is 0. The van der Waals surface area contributed by atoms with E-state index < -0.39 is 0 Å². The molecule has 4 N–H and O–H groups in total. The second kappa shape index (κ2) is 5.94. The molecule has 0 bridgehead atoms. The highest BCUT2D eigenvalue weighted by atomic mass is 32.1. The van der Waals surface area contributed by atoms with E-state index in [1.807, 2.05) is 11.4 Å². The van der Waals surface area contributed by atoms with E-state index in [1.54, 1.807) is 11.3 Å². The maximum Gasteiger partial charge on any atom is 0.240 e. The number of likely N-dealkylation sites (N-methyl/N-ethyl adjacent to an activating group) is 1. The van der Waals surface area contributed by atoms with Gasteiger partial charge in [-0.1, -0.05) is 6.92 Å². The number of fused-ring (bicyclic) bond motifs is 1. The van der Waals surface area contributed by atoms with Gasteiger partial charge in [0.2, 0.25) is 5.95 Å². The van der Waals surface area contributed by atoms with Crippen molar-refractivity contribution in [2.24, 2.45) is 5.84 Å². The van der Waals surface area contributed by atoms with Gasteiger partial charge in [0.05, 0.1) is 5.39 Å². The highest BCUT2D eigenvalue weighted by Crippen LogP contribution is 2.25. The van der Waals surface area contributed by atoms with Crippen molar-refractivity contribution in [1.82, 2.24) is 14.9 Å². The summed E-state index contributed by atoms with van der Waals surface area (Å²) in [5, 5.41) is 6.37. The summed E-state index contributed by atoms with van der Waals surface area (Å²) in [4.78, 5) is 11.8. The van der Waals surface area contributed by atoms with Crippen LogP contribution < -0.4 is 16.6 Å². The molecule has 2 aromatic rings. The van der Waals surface area contributed by atoms with Crippen LogP contribution >= 0.6 is 11.3 Å². The fourth-order valence-electron chi connectivity index (χ4n) is 1.58. The number of nitrogens with two attached hydrogens (primary N) is 1. The maximum absolute atomic E-state index is 5.37. The average Bonchev–Trinajstić information content (AvgIpc) is 2.86. The van der Waals surface area contributed by atoms with Crippen LogP contribution in [0.5, 0.6) is 0 Å². The first kappa shape index (κ1) is 13.0. The third-order valence-corrected chi connectivity index (χ3v) is 3.59. The Morgan fingerprint density at radius 3 is 3.00 bits per heavy atom. The van der Waals surface area contributed by atoms with Crippen LogP contribution in [0, 0.1) is 0 Å². The zero-order chi connectivity index (χ0) is 13.0. The highest BCUT2D eigenvalue weighted by molar-refractivity contribution is 7.16. The lowest BCUT2D eigenvalue weighted by Crippen LogP contribution is -2.25. The minimum atomic E-state index is 0.441. The van der Waals surface area contributed by atoms with Crippen LogP contribution in [0.2, 0.25) is 0 Å². The van der Waals surface area contributed by atoms with E-state index >= 15 is 0 Å². The van der Waals surface area contributed by atoms with Crippen molar-refractivity contribution in [3.8, 4) is 0 Å². The smallest absolute Gasteiger partial charge is 0.240 e. The largest absolute Gasteiger partial charge is 0.368 e. The Hall–Kier alpha value is -1.44. The molecule has 7 heteroatoms. The molecule has 0 aliphatic rings. The van der Waals surface area contributed by atoms with E-state index in [1.165, 1.54) is 0 Å². The highest BCUT2D eigenvalue weighted by Gasteiger charge is 2.07. The topological polar surface area (TPSA) is 79.1 Å². The van der Waals surface area contributed by atoms with E-state index in [0.717, 1.165) is 35.7 Å². The van der Waals surface area contributed by atoms with E-state index in [0.29, 0.717) is 5.95 Å². The predicted molar refractivity (Wildman–Crippen MR) is 76.9 cm³/mol. The molecule has 0 aliphatic carbocycles. The average molecular weight is 266 g/mol. The van der Waals surface area contributed by atoms with Gasteiger partial charge in [0, 0.05) is 13.1 Å². The number of thiophene rings is 1. The van der Waals surface area contributed by atoms with E-state index in [-0.39, 0.29) is 0 Å². The van der Waals surface area contributed by atoms with Crippen molar-refractivity contribution in [3.63, 3.8) is 0 Å². The first-order valence-corrected chi connectivity index (χ1v) is 6.76. The van der Waals surface area contributed by atoms with Crippen LogP contribution in [0.4, 0.5) is 11.8 Å². The van der Waals surface area contributed by atoms with Crippen LogP contribution in [0.15, 0.2) is 11.4 Å². The number of hydrogen-bond donors (Lipinski definition) is 3. The number of aromatic nitrogens is 2. The Labute approximate surface area is 110 Å². The number of hydrogen-bond acceptors (Lipinski definition) is 7. The molecule has 0 fully saturated rings. The van der Waals surface area contributed by atoms with Crippen LogP contribution in [-0.2, 0) is 0 Å². The molecule has 0 radical (unpaired) electrons.